The highest BCUT2D eigenvalue weighted by atomic mass is 35.5. The van der Waals surface area contributed by atoms with Gasteiger partial charge < -0.3 is 19.6 Å². The Kier molecular flexibility index (Phi) is 9.40. The topological polar surface area (TPSA) is 126 Å². The van der Waals surface area contributed by atoms with Crippen molar-refractivity contribution in [2.45, 2.75) is 23.3 Å². The van der Waals surface area contributed by atoms with Crippen molar-refractivity contribution in [2.75, 3.05) is 6.54 Å². The third-order valence-corrected chi connectivity index (χ3v) is 7.92. The van der Waals surface area contributed by atoms with Gasteiger partial charge in [-0.2, -0.15) is 0 Å². The van der Waals surface area contributed by atoms with Gasteiger partial charge in [0.05, 0.1) is 16.2 Å². The van der Waals surface area contributed by atoms with Crippen molar-refractivity contribution in [1.82, 2.24) is 15.5 Å². The molecular formula is C26H22Cl4N3O5P. The van der Waals surface area contributed by atoms with Gasteiger partial charge in [-0.15, -0.1) is 0 Å². The summed E-state index contributed by atoms with van der Waals surface area (Å²) in [6.45, 7) is 0.312. The van der Waals surface area contributed by atoms with E-state index in [1.807, 2.05) is 0 Å². The quantitative estimate of drug-likeness (QED) is 0.101. The fourth-order valence-corrected chi connectivity index (χ4v) is 5.45. The Bertz CT molecular complexity index is 1500. The van der Waals surface area contributed by atoms with Crippen LogP contribution < -0.4 is 5.32 Å². The Morgan fingerprint density at radius 2 is 1.64 bits per heavy atom. The highest BCUT2D eigenvalue weighted by Gasteiger charge is 2.36. The van der Waals surface area contributed by atoms with E-state index in [9.17, 15) is 9.36 Å². The minimum Gasteiger partial charge on any atom is -0.354 e. The van der Waals surface area contributed by atoms with E-state index in [-0.39, 0.29) is 6.16 Å². The average molecular weight is 629 g/mol. The number of alkyl halides is 2. The molecule has 0 atom stereocenters. The lowest BCUT2D eigenvalue weighted by atomic mass is 10.1. The van der Waals surface area contributed by atoms with E-state index in [2.05, 4.69) is 15.5 Å². The smallest absolute Gasteiger partial charge is 0.329 e. The maximum Gasteiger partial charge on any atom is 0.329 e. The molecule has 8 nitrogen and oxygen atoms in total. The number of aromatic nitrogens is 2. The minimum absolute atomic E-state index is 0.294. The van der Waals surface area contributed by atoms with Crippen LogP contribution in [0.2, 0.25) is 10.0 Å². The molecule has 0 spiro atoms. The van der Waals surface area contributed by atoms with E-state index in [1.54, 1.807) is 48.5 Å². The number of carbonyl (C=O) groups excluding carboxylic acids is 1. The van der Waals surface area contributed by atoms with Gasteiger partial charge in [0.25, 0.3) is 5.91 Å². The second-order valence-electron chi connectivity index (χ2n) is 8.68. The minimum atomic E-state index is -4.11. The van der Waals surface area contributed by atoms with E-state index in [4.69, 9.17) is 60.7 Å². The molecule has 2 aromatic heterocycles. The van der Waals surface area contributed by atoms with Crippen molar-refractivity contribution in [3.63, 3.8) is 0 Å². The zero-order valence-corrected chi connectivity index (χ0v) is 24.1. The maximum absolute atomic E-state index is 12.8. The molecule has 4 aromatic rings. The summed E-state index contributed by atoms with van der Waals surface area (Å²) in [5, 5.41) is 7.61. The van der Waals surface area contributed by atoms with Crippen LogP contribution in [0.25, 0.3) is 22.7 Å². The molecule has 0 radical (unpaired) electrons. The number of halogens is 4. The Balaban J connectivity index is 1.37. The lowest BCUT2D eigenvalue weighted by molar-refractivity contribution is -0.121. The first-order valence-electron chi connectivity index (χ1n) is 11.6. The third kappa shape index (κ3) is 7.62. The van der Waals surface area contributed by atoms with Crippen molar-refractivity contribution in [3.8, 4) is 22.7 Å². The average Bonchev–Trinajstić information content (AvgIpc) is 3.36. The molecule has 13 heteroatoms. The number of carbonyl (C=O) groups is 1. The van der Waals surface area contributed by atoms with Gasteiger partial charge in [-0.05, 0) is 48.2 Å². The molecule has 2 aromatic carbocycles. The Hall–Kier alpha value is -2.42. The van der Waals surface area contributed by atoms with Crippen molar-refractivity contribution in [3.05, 3.63) is 93.6 Å². The van der Waals surface area contributed by atoms with Gasteiger partial charge in [0.1, 0.15) is 11.4 Å². The van der Waals surface area contributed by atoms with Gasteiger partial charge in [0, 0.05) is 29.9 Å². The number of aryl methyl sites for hydroxylation is 1. The van der Waals surface area contributed by atoms with Gasteiger partial charge in [0.15, 0.2) is 5.76 Å². The predicted molar refractivity (Wildman–Crippen MR) is 152 cm³/mol. The van der Waals surface area contributed by atoms with Crippen LogP contribution >= 0.6 is 54.0 Å². The highest BCUT2D eigenvalue weighted by molar-refractivity contribution is 7.50. The van der Waals surface area contributed by atoms with E-state index >= 15 is 0 Å². The molecule has 0 saturated heterocycles. The van der Waals surface area contributed by atoms with Crippen LogP contribution in [0.5, 0.6) is 0 Å². The number of benzene rings is 2. The third-order valence-electron chi connectivity index (χ3n) is 5.73. The van der Waals surface area contributed by atoms with Crippen LogP contribution in [-0.2, 0) is 26.3 Å². The van der Waals surface area contributed by atoms with Gasteiger partial charge in [-0.3, -0.25) is 14.3 Å². The number of nitrogens with one attached hydrogen (secondary N) is 1. The summed E-state index contributed by atoms with van der Waals surface area (Å²) >= 11 is 25.5. The van der Waals surface area contributed by atoms with E-state index in [1.165, 1.54) is 18.3 Å². The molecule has 0 aliphatic heterocycles. The van der Waals surface area contributed by atoms with Crippen LogP contribution in [0, 0.1) is 0 Å². The number of hydrogen-bond donors (Lipinski definition) is 3. The summed E-state index contributed by atoms with van der Waals surface area (Å²) in [7, 11) is -4.11. The summed E-state index contributed by atoms with van der Waals surface area (Å²) in [5.74, 6) is -0.291. The largest absolute Gasteiger partial charge is 0.354 e. The zero-order valence-electron chi connectivity index (χ0n) is 20.2. The number of amides is 1. The molecular weight excluding hydrogens is 607 g/mol. The molecule has 0 bridgehead atoms. The normalized spacial score (nSPS) is 11.9. The molecule has 204 valence electrons. The van der Waals surface area contributed by atoms with Crippen LogP contribution in [0.15, 0.2) is 71.4 Å². The van der Waals surface area contributed by atoms with Gasteiger partial charge in [0.2, 0.25) is 4.33 Å². The van der Waals surface area contributed by atoms with Crippen LogP contribution in [-0.4, -0.2) is 32.4 Å². The summed E-state index contributed by atoms with van der Waals surface area (Å²) in [6.07, 6.45) is 2.39. The molecule has 4 rings (SSSR count). The molecule has 0 saturated carbocycles. The highest BCUT2D eigenvalue weighted by Crippen LogP contribution is 2.39. The molecule has 39 heavy (non-hydrogen) atoms. The molecule has 2 heterocycles. The molecule has 1 amide bonds. The molecule has 0 unspecified atom stereocenters. The number of pyridine rings is 1. The van der Waals surface area contributed by atoms with E-state index < -0.39 is 17.8 Å². The fourth-order valence-electron chi connectivity index (χ4n) is 3.80. The summed E-state index contributed by atoms with van der Waals surface area (Å²) < 4.78 is 14.7. The predicted octanol–water partition coefficient (Wildman–Crippen LogP) is 6.77. The van der Waals surface area contributed by atoms with Gasteiger partial charge in [-0.25, -0.2) is 0 Å². The molecule has 3 N–H and O–H groups in total. The maximum atomic E-state index is 12.8. The van der Waals surface area contributed by atoms with Crippen molar-refractivity contribution in [1.29, 1.82) is 0 Å². The van der Waals surface area contributed by atoms with Crippen molar-refractivity contribution in [2.24, 2.45) is 0 Å². The summed E-state index contributed by atoms with van der Waals surface area (Å²) in [6, 6.07) is 16.8. The Labute approximate surface area is 244 Å². The van der Waals surface area contributed by atoms with Gasteiger partial charge in [-0.1, -0.05) is 81.9 Å². The second-order valence-corrected chi connectivity index (χ2v) is 12.5. The van der Waals surface area contributed by atoms with E-state index in [0.29, 0.717) is 63.3 Å². The first-order valence-corrected chi connectivity index (χ1v) is 14.9. The van der Waals surface area contributed by atoms with Crippen LogP contribution in [0.4, 0.5) is 0 Å². The Morgan fingerprint density at radius 1 is 0.974 bits per heavy atom. The van der Waals surface area contributed by atoms with E-state index in [0.717, 1.165) is 5.56 Å². The molecule has 0 aliphatic rings. The van der Waals surface area contributed by atoms with Crippen LogP contribution in [0.3, 0.4) is 0 Å². The first-order chi connectivity index (χ1) is 18.4. The fraction of sp³-hybridized carbons (Fsp3) is 0.192. The lowest BCUT2D eigenvalue weighted by Gasteiger charge is -2.19. The lowest BCUT2D eigenvalue weighted by Crippen LogP contribution is -2.37. The summed E-state index contributed by atoms with van der Waals surface area (Å²) in [4.78, 5) is 35.3. The monoisotopic (exact) mass is 627 g/mol. The molecule has 0 aliphatic carbocycles. The second kappa shape index (κ2) is 12.4. The zero-order chi connectivity index (χ0) is 28.2. The number of rotatable bonds is 10. The summed E-state index contributed by atoms with van der Waals surface area (Å²) in [5.41, 5.74) is 3.11. The van der Waals surface area contributed by atoms with Crippen LogP contribution in [0.1, 0.15) is 23.1 Å². The van der Waals surface area contributed by atoms with Gasteiger partial charge >= 0.3 is 7.60 Å². The van der Waals surface area contributed by atoms with Crippen molar-refractivity contribution < 1.29 is 23.7 Å². The van der Waals surface area contributed by atoms with Crippen molar-refractivity contribution >= 4 is 59.9 Å². The molecule has 0 fully saturated rings. The first kappa shape index (κ1) is 29.6. The Morgan fingerprint density at radius 3 is 2.31 bits per heavy atom. The number of nitrogens with zero attached hydrogens (tertiary/aromatic N) is 2. The SMILES string of the molecule is O=C(NCCCc1ccc(CP(=O)(O)O)cc1)C(Cl)(Cl)c1ccnc(-c2cc(-c3c(Cl)cccc3Cl)no2)c1. The number of hydrogen-bond acceptors (Lipinski definition) is 5. The standard InChI is InChI=1S/C26H22Cl4N3O5P/c27-19-4-1-5-20(28)24(19)22-14-23(38-33-22)21-13-18(10-12-31-21)26(29,30)25(34)32-11-2-3-16-6-8-17(9-7-16)15-39(35,36)37/h1,4-10,12-14H,2-3,11,15H2,(H,32,34)(H2,35,36,37).